The summed E-state index contributed by atoms with van der Waals surface area (Å²) in [6.07, 6.45) is -1.09. The maximum atomic E-state index is 12.4. The minimum atomic E-state index is -1.09. The van der Waals surface area contributed by atoms with Crippen molar-refractivity contribution in [2.45, 2.75) is 51.8 Å². The number of alkyl carbamates (subject to hydrolysis) is 1. The lowest BCUT2D eigenvalue weighted by atomic mass is 10.1. The zero-order valence-corrected chi connectivity index (χ0v) is 14.5. The molecule has 0 fully saturated rings. The molecule has 0 radical (unpaired) electrons. The summed E-state index contributed by atoms with van der Waals surface area (Å²) in [7, 11) is 0. The Kier molecular flexibility index (Phi) is 6.76. The Labute approximate surface area is 141 Å². The third-order valence-corrected chi connectivity index (χ3v) is 3.07. The summed E-state index contributed by atoms with van der Waals surface area (Å²) in [5.74, 6) is -1.20. The number of hydrogen-bond donors (Lipinski definition) is 3. The van der Waals surface area contributed by atoms with Crippen molar-refractivity contribution in [3.8, 4) is 0 Å². The smallest absolute Gasteiger partial charge is 0.408 e. The van der Waals surface area contributed by atoms with Crippen molar-refractivity contribution in [3.63, 3.8) is 0 Å². The first-order valence-electron chi connectivity index (χ1n) is 7.71. The van der Waals surface area contributed by atoms with Gasteiger partial charge < -0.3 is 21.1 Å². The molecule has 0 aromatic heterocycles. The van der Waals surface area contributed by atoms with E-state index in [0.717, 1.165) is 5.56 Å². The molecule has 4 N–H and O–H groups in total. The standard InChI is InChI=1S/C17H25N3O4/c1-11(12-8-6-5-7-9-12)19-15(22)13(10-14(18)21)20-16(23)24-17(2,3)4/h5-9,11,13H,10H2,1-4H3,(H2,18,21)(H,19,22)(H,20,23)/t11-,13-/m1/s1. The van der Waals surface area contributed by atoms with Gasteiger partial charge in [-0.1, -0.05) is 30.3 Å². The molecular formula is C17H25N3O4. The Morgan fingerprint density at radius 3 is 2.21 bits per heavy atom. The Bertz CT molecular complexity index is 581. The number of ether oxygens (including phenoxy) is 1. The van der Waals surface area contributed by atoms with E-state index in [1.807, 2.05) is 37.3 Å². The van der Waals surface area contributed by atoms with Crippen LogP contribution in [0.15, 0.2) is 30.3 Å². The lowest BCUT2D eigenvalue weighted by molar-refractivity contribution is -0.127. The molecule has 1 rings (SSSR count). The van der Waals surface area contributed by atoms with Gasteiger partial charge in [0.15, 0.2) is 0 Å². The van der Waals surface area contributed by atoms with Gasteiger partial charge in [-0.05, 0) is 33.3 Å². The van der Waals surface area contributed by atoms with Crippen LogP contribution in [0.4, 0.5) is 4.79 Å². The maximum Gasteiger partial charge on any atom is 0.408 e. The van der Waals surface area contributed by atoms with Crippen molar-refractivity contribution in [1.29, 1.82) is 0 Å². The molecule has 0 unspecified atom stereocenters. The number of rotatable bonds is 6. The molecule has 0 saturated heterocycles. The van der Waals surface area contributed by atoms with Crippen molar-refractivity contribution >= 4 is 17.9 Å². The number of carbonyl (C=O) groups is 3. The molecule has 1 aromatic rings. The van der Waals surface area contributed by atoms with E-state index in [1.54, 1.807) is 20.8 Å². The third-order valence-electron chi connectivity index (χ3n) is 3.07. The zero-order valence-electron chi connectivity index (χ0n) is 14.5. The van der Waals surface area contributed by atoms with Crippen LogP contribution in [-0.4, -0.2) is 29.6 Å². The van der Waals surface area contributed by atoms with E-state index in [2.05, 4.69) is 10.6 Å². The van der Waals surface area contributed by atoms with Crippen LogP contribution in [0, 0.1) is 0 Å². The summed E-state index contributed by atoms with van der Waals surface area (Å²) in [5, 5.41) is 5.14. The van der Waals surface area contributed by atoms with Crippen LogP contribution in [0.3, 0.4) is 0 Å². The lowest BCUT2D eigenvalue weighted by Crippen LogP contribution is -2.50. The average Bonchev–Trinajstić information content (AvgIpc) is 2.44. The van der Waals surface area contributed by atoms with E-state index < -0.39 is 29.6 Å². The van der Waals surface area contributed by atoms with Crippen LogP contribution in [0.5, 0.6) is 0 Å². The Morgan fingerprint density at radius 2 is 1.71 bits per heavy atom. The first-order chi connectivity index (χ1) is 11.1. The molecular weight excluding hydrogens is 310 g/mol. The third kappa shape index (κ3) is 7.13. The van der Waals surface area contributed by atoms with Gasteiger partial charge in [0.05, 0.1) is 12.5 Å². The number of nitrogens with one attached hydrogen (secondary N) is 2. The minimum absolute atomic E-state index is 0.283. The SMILES string of the molecule is C[C@@H](NC(=O)[C@@H](CC(N)=O)NC(=O)OC(C)(C)C)c1ccccc1. The number of carbonyl (C=O) groups excluding carboxylic acids is 3. The highest BCUT2D eigenvalue weighted by molar-refractivity contribution is 5.90. The van der Waals surface area contributed by atoms with Gasteiger partial charge in [0, 0.05) is 0 Å². The summed E-state index contributed by atoms with van der Waals surface area (Å²) in [6.45, 7) is 6.91. The molecule has 0 spiro atoms. The van der Waals surface area contributed by atoms with Gasteiger partial charge in [-0.25, -0.2) is 4.79 Å². The van der Waals surface area contributed by atoms with E-state index in [0.29, 0.717) is 0 Å². The van der Waals surface area contributed by atoms with Gasteiger partial charge in [0.1, 0.15) is 11.6 Å². The van der Waals surface area contributed by atoms with Crippen molar-refractivity contribution in [3.05, 3.63) is 35.9 Å². The fraction of sp³-hybridized carbons (Fsp3) is 0.471. The molecule has 0 saturated carbocycles. The molecule has 7 nitrogen and oxygen atoms in total. The second-order valence-corrected chi connectivity index (χ2v) is 6.51. The number of amides is 3. The predicted octanol–water partition coefficient (Wildman–Crippen LogP) is 1.63. The fourth-order valence-electron chi connectivity index (χ4n) is 2.00. The van der Waals surface area contributed by atoms with Crippen molar-refractivity contribution in [1.82, 2.24) is 10.6 Å². The summed E-state index contributed by atoms with van der Waals surface area (Å²) < 4.78 is 5.11. The molecule has 1 aromatic carbocycles. The van der Waals surface area contributed by atoms with Gasteiger partial charge in [0.25, 0.3) is 0 Å². The highest BCUT2D eigenvalue weighted by Gasteiger charge is 2.26. The topological polar surface area (TPSA) is 111 Å². The highest BCUT2D eigenvalue weighted by Crippen LogP contribution is 2.12. The molecule has 24 heavy (non-hydrogen) atoms. The zero-order chi connectivity index (χ0) is 18.3. The molecule has 0 aliphatic carbocycles. The summed E-state index contributed by atoms with van der Waals surface area (Å²) in [6, 6.07) is 7.95. The minimum Gasteiger partial charge on any atom is -0.444 e. The second-order valence-electron chi connectivity index (χ2n) is 6.51. The number of benzene rings is 1. The Balaban J connectivity index is 2.74. The van der Waals surface area contributed by atoms with Gasteiger partial charge in [-0.15, -0.1) is 0 Å². The van der Waals surface area contributed by atoms with E-state index in [-0.39, 0.29) is 12.5 Å². The first-order valence-corrected chi connectivity index (χ1v) is 7.71. The van der Waals surface area contributed by atoms with Crippen molar-refractivity contribution in [2.75, 3.05) is 0 Å². The number of primary amides is 1. The fourth-order valence-corrected chi connectivity index (χ4v) is 2.00. The van der Waals surface area contributed by atoms with Gasteiger partial charge >= 0.3 is 6.09 Å². The van der Waals surface area contributed by atoms with Crippen LogP contribution < -0.4 is 16.4 Å². The molecule has 0 bridgehead atoms. The van der Waals surface area contributed by atoms with E-state index in [4.69, 9.17) is 10.5 Å². The average molecular weight is 335 g/mol. The number of nitrogens with two attached hydrogens (primary N) is 1. The molecule has 0 aliphatic rings. The van der Waals surface area contributed by atoms with Crippen LogP contribution in [0.2, 0.25) is 0 Å². The first kappa shape index (κ1) is 19.5. The summed E-state index contributed by atoms with van der Waals surface area (Å²) in [5.41, 5.74) is 5.36. The van der Waals surface area contributed by atoms with Gasteiger partial charge in [-0.3, -0.25) is 9.59 Å². The van der Waals surface area contributed by atoms with E-state index in [1.165, 1.54) is 0 Å². The quantitative estimate of drug-likeness (QED) is 0.733. The second kappa shape index (κ2) is 8.33. The van der Waals surface area contributed by atoms with Crippen LogP contribution in [-0.2, 0) is 14.3 Å². The van der Waals surface area contributed by atoms with Gasteiger partial charge in [-0.2, -0.15) is 0 Å². The van der Waals surface area contributed by atoms with Crippen molar-refractivity contribution in [2.24, 2.45) is 5.73 Å². The Morgan fingerprint density at radius 1 is 1.12 bits per heavy atom. The van der Waals surface area contributed by atoms with Crippen LogP contribution >= 0.6 is 0 Å². The molecule has 0 heterocycles. The molecule has 7 heteroatoms. The van der Waals surface area contributed by atoms with Crippen LogP contribution in [0.1, 0.15) is 45.7 Å². The maximum absolute atomic E-state index is 12.4. The number of hydrogen-bond acceptors (Lipinski definition) is 4. The van der Waals surface area contributed by atoms with Crippen LogP contribution in [0.25, 0.3) is 0 Å². The van der Waals surface area contributed by atoms with E-state index >= 15 is 0 Å². The van der Waals surface area contributed by atoms with E-state index in [9.17, 15) is 14.4 Å². The highest BCUT2D eigenvalue weighted by atomic mass is 16.6. The Hall–Kier alpha value is -2.57. The van der Waals surface area contributed by atoms with Gasteiger partial charge in [0.2, 0.25) is 11.8 Å². The predicted molar refractivity (Wildman–Crippen MR) is 90.0 cm³/mol. The molecule has 2 atom stereocenters. The summed E-state index contributed by atoms with van der Waals surface area (Å²) in [4.78, 5) is 35.4. The normalized spacial score (nSPS) is 13.5. The molecule has 3 amide bonds. The lowest BCUT2D eigenvalue weighted by Gasteiger charge is -2.24. The largest absolute Gasteiger partial charge is 0.444 e. The molecule has 0 aliphatic heterocycles. The van der Waals surface area contributed by atoms with Crippen molar-refractivity contribution < 1.29 is 19.1 Å². The monoisotopic (exact) mass is 335 g/mol. The molecule has 132 valence electrons. The summed E-state index contributed by atoms with van der Waals surface area (Å²) >= 11 is 0.